The molecule has 0 spiro atoms. The molecule has 24 heavy (non-hydrogen) atoms. The third-order valence-corrected chi connectivity index (χ3v) is 3.47. The summed E-state index contributed by atoms with van der Waals surface area (Å²) in [5.74, 6) is 0.180. The monoisotopic (exact) mass is 330 g/mol. The number of aromatic hydroxyl groups is 1. The Labute approximate surface area is 141 Å². The lowest BCUT2D eigenvalue weighted by atomic mass is 10.1. The number of aryl methyl sites for hydroxylation is 1. The maximum absolute atomic E-state index is 11.8. The molecular formula is C19H22O5. The number of hydrogen-bond donors (Lipinski definition) is 1. The molecule has 0 bridgehead atoms. The van der Waals surface area contributed by atoms with Crippen LogP contribution in [0.15, 0.2) is 48.5 Å². The predicted molar refractivity (Wildman–Crippen MR) is 90.0 cm³/mol. The highest BCUT2D eigenvalue weighted by molar-refractivity contribution is 5.74. The maximum atomic E-state index is 11.8. The molecule has 0 aliphatic rings. The van der Waals surface area contributed by atoms with Crippen molar-refractivity contribution in [3.05, 3.63) is 59.7 Å². The van der Waals surface area contributed by atoms with Gasteiger partial charge in [-0.05, 0) is 49.2 Å². The van der Waals surface area contributed by atoms with Crippen LogP contribution < -0.4 is 4.74 Å². The van der Waals surface area contributed by atoms with Gasteiger partial charge >= 0.3 is 5.97 Å². The number of rotatable bonds is 8. The SMILES string of the molecule is Cc1ccccc1COCCOC(=O)C(C)Oc1ccc(O)cc1. The van der Waals surface area contributed by atoms with Crippen LogP contribution in [0.5, 0.6) is 11.5 Å². The number of esters is 1. The van der Waals surface area contributed by atoms with Crippen molar-refractivity contribution in [2.24, 2.45) is 0 Å². The summed E-state index contributed by atoms with van der Waals surface area (Å²) < 4.78 is 16.1. The molecule has 0 radical (unpaired) electrons. The first-order chi connectivity index (χ1) is 11.6. The van der Waals surface area contributed by atoms with E-state index in [1.807, 2.05) is 31.2 Å². The van der Waals surface area contributed by atoms with Gasteiger partial charge in [-0.25, -0.2) is 4.79 Å². The van der Waals surface area contributed by atoms with Crippen LogP contribution in [-0.4, -0.2) is 30.4 Å². The van der Waals surface area contributed by atoms with Crippen LogP contribution in [0.1, 0.15) is 18.1 Å². The fourth-order valence-corrected chi connectivity index (χ4v) is 2.05. The van der Waals surface area contributed by atoms with Gasteiger partial charge in [-0.1, -0.05) is 24.3 Å². The number of carbonyl (C=O) groups is 1. The fourth-order valence-electron chi connectivity index (χ4n) is 2.05. The van der Waals surface area contributed by atoms with E-state index in [0.717, 1.165) is 5.56 Å². The molecule has 0 heterocycles. The number of ether oxygens (including phenoxy) is 3. The Morgan fingerprint density at radius 2 is 1.79 bits per heavy atom. The Bertz CT molecular complexity index is 651. The molecule has 0 saturated heterocycles. The van der Waals surface area contributed by atoms with Crippen LogP contribution in [0.25, 0.3) is 0 Å². The number of carbonyl (C=O) groups excluding carboxylic acids is 1. The number of phenols is 1. The molecule has 0 aliphatic heterocycles. The van der Waals surface area contributed by atoms with Crippen molar-refractivity contribution >= 4 is 5.97 Å². The van der Waals surface area contributed by atoms with Crippen molar-refractivity contribution < 1.29 is 24.1 Å². The zero-order chi connectivity index (χ0) is 17.4. The van der Waals surface area contributed by atoms with Gasteiger partial charge in [-0.2, -0.15) is 0 Å². The van der Waals surface area contributed by atoms with Gasteiger partial charge in [0, 0.05) is 0 Å². The van der Waals surface area contributed by atoms with Crippen molar-refractivity contribution in [3.63, 3.8) is 0 Å². The van der Waals surface area contributed by atoms with Crippen molar-refractivity contribution in [2.45, 2.75) is 26.6 Å². The van der Waals surface area contributed by atoms with Gasteiger partial charge in [-0.3, -0.25) is 0 Å². The van der Waals surface area contributed by atoms with Gasteiger partial charge < -0.3 is 19.3 Å². The molecule has 1 atom stereocenters. The van der Waals surface area contributed by atoms with Crippen LogP contribution in [-0.2, 0) is 20.9 Å². The second-order valence-corrected chi connectivity index (χ2v) is 5.40. The minimum absolute atomic E-state index is 0.142. The van der Waals surface area contributed by atoms with E-state index in [9.17, 15) is 9.90 Å². The molecular weight excluding hydrogens is 308 g/mol. The molecule has 2 rings (SSSR count). The molecule has 1 N–H and O–H groups in total. The molecule has 5 nitrogen and oxygen atoms in total. The quantitative estimate of drug-likeness (QED) is 0.595. The van der Waals surface area contributed by atoms with E-state index in [1.54, 1.807) is 19.1 Å². The van der Waals surface area contributed by atoms with E-state index >= 15 is 0 Å². The van der Waals surface area contributed by atoms with Crippen LogP contribution in [0.2, 0.25) is 0 Å². The minimum atomic E-state index is -0.731. The van der Waals surface area contributed by atoms with Crippen LogP contribution in [0.4, 0.5) is 0 Å². The maximum Gasteiger partial charge on any atom is 0.347 e. The molecule has 0 fully saturated rings. The van der Waals surface area contributed by atoms with Crippen molar-refractivity contribution in [3.8, 4) is 11.5 Å². The smallest absolute Gasteiger partial charge is 0.347 e. The highest BCUT2D eigenvalue weighted by Crippen LogP contribution is 2.17. The van der Waals surface area contributed by atoms with Gasteiger partial charge in [0.25, 0.3) is 0 Å². The van der Waals surface area contributed by atoms with Crippen molar-refractivity contribution in [1.29, 1.82) is 0 Å². The Morgan fingerprint density at radius 3 is 2.50 bits per heavy atom. The van der Waals surface area contributed by atoms with Gasteiger partial charge in [0.2, 0.25) is 0 Å². The molecule has 0 aromatic heterocycles. The lowest BCUT2D eigenvalue weighted by Crippen LogP contribution is -2.27. The zero-order valence-electron chi connectivity index (χ0n) is 13.9. The summed E-state index contributed by atoms with van der Waals surface area (Å²) in [5, 5.41) is 9.21. The average Bonchev–Trinajstić information content (AvgIpc) is 2.58. The molecule has 0 amide bonds. The van der Waals surface area contributed by atoms with E-state index in [1.165, 1.54) is 17.7 Å². The first-order valence-electron chi connectivity index (χ1n) is 7.81. The minimum Gasteiger partial charge on any atom is -0.508 e. The summed E-state index contributed by atoms with van der Waals surface area (Å²) in [5.41, 5.74) is 2.29. The Morgan fingerprint density at radius 1 is 1.08 bits per heavy atom. The van der Waals surface area contributed by atoms with Crippen molar-refractivity contribution in [2.75, 3.05) is 13.2 Å². The number of hydrogen-bond acceptors (Lipinski definition) is 5. The molecule has 2 aromatic carbocycles. The molecule has 2 aromatic rings. The lowest BCUT2D eigenvalue weighted by molar-refractivity contribution is -0.152. The summed E-state index contributed by atoms with van der Waals surface area (Å²) in [4.78, 5) is 11.8. The molecule has 0 saturated carbocycles. The Balaban J connectivity index is 1.65. The summed E-state index contributed by atoms with van der Waals surface area (Å²) >= 11 is 0. The topological polar surface area (TPSA) is 65.0 Å². The van der Waals surface area contributed by atoms with E-state index < -0.39 is 12.1 Å². The summed E-state index contributed by atoms with van der Waals surface area (Å²) in [6.07, 6.45) is -0.731. The van der Waals surface area contributed by atoms with E-state index in [-0.39, 0.29) is 12.4 Å². The average molecular weight is 330 g/mol. The Kier molecular flexibility index (Phi) is 6.63. The normalized spacial score (nSPS) is 11.8. The van der Waals surface area contributed by atoms with Crippen molar-refractivity contribution in [1.82, 2.24) is 0 Å². The molecule has 5 heteroatoms. The van der Waals surface area contributed by atoms with Gasteiger partial charge in [0.1, 0.15) is 18.1 Å². The van der Waals surface area contributed by atoms with E-state index in [2.05, 4.69) is 0 Å². The van der Waals surface area contributed by atoms with E-state index in [0.29, 0.717) is 19.0 Å². The second-order valence-electron chi connectivity index (χ2n) is 5.40. The predicted octanol–water partition coefficient (Wildman–Crippen LogP) is 3.23. The molecule has 0 aliphatic carbocycles. The third-order valence-electron chi connectivity index (χ3n) is 3.47. The zero-order valence-corrected chi connectivity index (χ0v) is 13.9. The standard InChI is InChI=1S/C19H22O5/c1-14-5-3-4-6-16(14)13-22-11-12-23-19(21)15(2)24-18-9-7-17(20)8-10-18/h3-10,15,20H,11-13H2,1-2H3. The number of benzene rings is 2. The summed E-state index contributed by atoms with van der Waals surface area (Å²) in [7, 11) is 0. The van der Waals surface area contributed by atoms with Gasteiger partial charge in [-0.15, -0.1) is 0 Å². The number of phenolic OH excluding ortho intramolecular Hbond substituents is 1. The lowest BCUT2D eigenvalue weighted by Gasteiger charge is -2.14. The largest absolute Gasteiger partial charge is 0.508 e. The first kappa shape index (κ1) is 17.8. The summed E-state index contributed by atoms with van der Waals surface area (Å²) in [6, 6.07) is 14.1. The molecule has 128 valence electrons. The highest BCUT2D eigenvalue weighted by atomic mass is 16.6. The van der Waals surface area contributed by atoms with Gasteiger partial charge in [0.05, 0.1) is 13.2 Å². The van der Waals surface area contributed by atoms with Gasteiger partial charge in [0.15, 0.2) is 6.10 Å². The first-order valence-corrected chi connectivity index (χ1v) is 7.81. The highest BCUT2D eigenvalue weighted by Gasteiger charge is 2.16. The molecule has 1 unspecified atom stereocenters. The Hall–Kier alpha value is -2.53. The summed E-state index contributed by atoms with van der Waals surface area (Å²) in [6.45, 7) is 4.63. The van der Waals surface area contributed by atoms with E-state index in [4.69, 9.17) is 14.2 Å². The fraction of sp³-hybridized carbons (Fsp3) is 0.316. The second kappa shape index (κ2) is 8.93. The van der Waals surface area contributed by atoms with Crippen LogP contribution in [0, 0.1) is 6.92 Å². The van der Waals surface area contributed by atoms with Crippen LogP contribution >= 0.6 is 0 Å². The van der Waals surface area contributed by atoms with Crippen LogP contribution in [0.3, 0.4) is 0 Å². The third kappa shape index (κ3) is 5.59.